The van der Waals surface area contributed by atoms with E-state index >= 15 is 0 Å². The van der Waals surface area contributed by atoms with Gasteiger partial charge in [-0.1, -0.05) is 30.3 Å². The lowest BCUT2D eigenvalue weighted by Crippen LogP contribution is -2.37. The van der Waals surface area contributed by atoms with Gasteiger partial charge in [-0.3, -0.25) is 9.78 Å². The molecule has 5 heteroatoms. The minimum Gasteiger partial charge on any atom is -0.388 e. The Morgan fingerprint density at radius 3 is 2.87 bits per heavy atom. The Kier molecular flexibility index (Phi) is 4.67. The van der Waals surface area contributed by atoms with E-state index in [1.54, 1.807) is 4.90 Å². The van der Waals surface area contributed by atoms with Crippen LogP contribution in [-0.2, 0) is 0 Å². The quantitative estimate of drug-likeness (QED) is 0.944. The van der Waals surface area contributed by atoms with E-state index in [1.165, 1.54) is 12.3 Å². The molecule has 1 aromatic heterocycles. The molecule has 0 radical (unpaired) electrons. The zero-order valence-electron chi connectivity index (χ0n) is 12.7. The van der Waals surface area contributed by atoms with Crippen LogP contribution in [0.3, 0.4) is 0 Å². The number of amides is 1. The van der Waals surface area contributed by atoms with Crippen LogP contribution in [0.4, 0.5) is 4.39 Å². The van der Waals surface area contributed by atoms with Crippen molar-refractivity contribution >= 4 is 5.91 Å². The van der Waals surface area contributed by atoms with Gasteiger partial charge in [0.2, 0.25) is 0 Å². The molecule has 1 fully saturated rings. The van der Waals surface area contributed by atoms with Crippen LogP contribution in [-0.4, -0.2) is 33.5 Å². The number of hydrogen-bond acceptors (Lipinski definition) is 3. The van der Waals surface area contributed by atoms with Gasteiger partial charge in [-0.25, -0.2) is 4.39 Å². The fourth-order valence-corrected chi connectivity index (χ4v) is 3.12. The molecular formula is C18H19FN2O2. The van der Waals surface area contributed by atoms with Crippen molar-refractivity contribution < 1.29 is 14.3 Å². The highest BCUT2D eigenvalue weighted by atomic mass is 19.1. The third kappa shape index (κ3) is 3.40. The average molecular weight is 314 g/mol. The molecule has 2 heterocycles. The van der Waals surface area contributed by atoms with Crippen LogP contribution in [0.5, 0.6) is 0 Å². The van der Waals surface area contributed by atoms with E-state index in [0.717, 1.165) is 24.6 Å². The van der Waals surface area contributed by atoms with Crippen LogP contribution in [0.1, 0.15) is 41.3 Å². The van der Waals surface area contributed by atoms with Crippen LogP contribution in [0.2, 0.25) is 0 Å². The van der Waals surface area contributed by atoms with Gasteiger partial charge in [-0.15, -0.1) is 0 Å². The van der Waals surface area contributed by atoms with Crippen LogP contribution < -0.4 is 0 Å². The minimum absolute atomic E-state index is 0.0427. The molecule has 0 unspecified atom stereocenters. The summed E-state index contributed by atoms with van der Waals surface area (Å²) < 4.78 is 13.8. The highest BCUT2D eigenvalue weighted by Crippen LogP contribution is 2.28. The summed E-state index contributed by atoms with van der Waals surface area (Å²) >= 11 is 0. The van der Waals surface area contributed by atoms with Gasteiger partial charge in [0.25, 0.3) is 5.91 Å². The number of benzene rings is 1. The molecule has 0 aliphatic carbocycles. The van der Waals surface area contributed by atoms with Crippen molar-refractivity contribution in [2.45, 2.75) is 31.4 Å². The van der Waals surface area contributed by atoms with Crippen LogP contribution in [0.25, 0.3) is 0 Å². The molecule has 0 spiro atoms. The largest absolute Gasteiger partial charge is 0.388 e. The van der Waals surface area contributed by atoms with Crippen LogP contribution >= 0.6 is 0 Å². The molecular weight excluding hydrogens is 295 g/mol. The summed E-state index contributed by atoms with van der Waals surface area (Å²) in [4.78, 5) is 17.9. The lowest BCUT2D eigenvalue weighted by atomic mass is 10.0. The Morgan fingerprint density at radius 2 is 2.13 bits per heavy atom. The summed E-state index contributed by atoms with van der Waals surface area (Å²) in [6.07, 6.45) is 3.99. The number of likely N-dealkylation sites (tertiary alicyclic amines) is 1. The summed E-state index contributed by atoms with van der Waals surface area (Å²) in [6.45, 7) is 0.590. The number of carbonyl (C=O) groups is 1. The van der Waals surface area contributed by atoms with Gasteiger partial charge in [0.1, 0.15) is 0 Å². The highest BCUT2D eigenvalue weighted by molar-refractivity contribution is 5.94. The Labute approximate surface area is 134 Å². The zero-order chi connectivity index (χ0) is 16.2. The summed E-state index contributed by atoms with van der Waals surface area (Å²) in [6, 6.07) is 10.7. The second kappa shape index (κ2) is 6.87. The molecule has 0 saturated carbocycles. The molecule has 1 amide bonds. The molecule has 120 valence electrons. The average Bonchev–Trinajstić information content (AvgIpc) is 3.03. The second-order valence-corrected chi connectivity index (χ2v) is 5.81. The number of nitrogens with zero attached hydrogens (tertiary/aromatic N) is 2. The third-order valence-corrected chi connectivity index (χ3v) is 4.32. The number of hydrogen-bond donors (Lipinski definition) is 1. The molecule has 1 aliphatic heterocycles. The fourth-order valence-electron chi connectivity index (χ4n) is 3.12. The summed E-state index contributed by atoms with van der Waals surface area (Å²) in [5.41, 5.74) is 0.878. The van der Waals surface area contributed by atoms with Gasteiger partial charge in [0.15, 0.2) is 5.82 Å². The topological polar surface area (TPSA) is 53.4 Å². The molecule has 1 aliphatic rings. The highest BCUT2D eigenvalue weighted by Gasteiger charge is 2.32. The molecule has 3 rings (SSSR count). The second-order valence-electron chi connectivity index (χ2n) is 5.81. The summed E-state index contributed by atoms with van der Waals surface area (Å²) in [7, 11) is 0. The molecule has 4 nitrogen and oxygen atoms in total. The van der Waals surface area contributed by atoms with Gasteiger partial charge < -0.3 is 10.0 Å². The Morgan fingerprint density at radius 1 is 1.35 bits per heavy atom. The Bertz CT molecular complexity index is 678. The Hall–Kier alpha value is -2.27. The fraction of sp³-hybridized carbons (Fsp3) is 0.333. The maximum absolute atomic E-state index is 13.8. The molecule has 2 atom stereocenters. The van der Waals surface area contributed by atoms with E-state index in [0.29, 0.717) is 13.0 Å². The number of aliphatic hydroxyl groups is 1. The van der Waals surface area contributed by atoms with E-state index in [1.807, 2.05) is 30.3 Å². The number of halogens is 1. The maximum Gasteiger partial charge on any atom is 0.257 e. The van der Waals surface area contributed by atoms with Crippen molar-refractivity contribution in [1.29, 1.82) is 0 Å². The van der Waals surface area contributed by atoms with Crippen LogP contribution in [0, 0.1) is 5.82 Å². The van der Waals surface area contributed by atoms with E-state index in [4.69, 9.17) is 0 Å². The third-order valence-electron chi connectivity index (χ3n) is 4.32. The normalized spacial score (nSPS) is 18.9. The first-order valence-electron chi connectivity index (χ1n) is 7.80. The standard InChI is InChI=1S/C18H19FN2O2/c19-16-12-20-9-8-15(16)18(23)21-10-4-7-14(21)11-17(22)13-5-2-1-3-6-13/h1-3,5-6,8-9,12,14,17,22H,4,7,10-11H2/t14-,17-/m1/s1. The molecule has 1 aromatic carbocycles. The number of carbonyl (C=O) groups excluding carboxylic acids is 1. The van der Waals surface area contributed by atoms with E-state index in [2.05, 4.69) is 4.98 Å². The van der Waals surface area contributed by atoms with Crippen molar-refractivity contribution in [2.75, 3.05) is 6.54 Å². The molecule has 2 aromatic rings. The SMILES string of the molecule is O=C(c1ccncc1F)N1CCC[C@@H]1C[C@@H](O)c1ccccc1. The smallest absolute Gasteiger partial charge is 0.257 e. The van der Waals surface area contributed by atoms with Crippen molar-refractivity contribution in [3.05, 3.63) is 65.7 Å². The monoisotopic (exact) mass is 314 g/mol. The van der Waals surface area contributed by atoms with Gasteiger partial charge in [-0.05, 0) is 30.9 Å². The lowest BCUT2D eigenvalue weighted by Gasteiger charge is -2.27. The molecule has 1 N–H and O–H groups in total. The first-order chi connectivity index (χ1) is 11.2. The molecule has 0 bridgehead atoms. The van der Waals surface area contributed by atoms with E-state index < -0.39 is 11.9 Å². The number of aliphatic hydroxyl groups excluding tert-OH is 1. The predicted octanol–water partition coefficient (Wildman–Crippen LogP) is 2.95. The van der Waals surface area contributed by atoms with Crippen molar-refractivity contribution in [2.24, 2.45) is 0 Å². The molecule has 23 heavy (non-hydrogen) atoms. The van der Waals surface area contributed by atoms with E-state index in [9.17, 15) is 14.3 Å². The van der Waals surface area contributed by atoms with Gasteiger partial charge in [0.05, 0.1) is 17.9 Å². The lowest BCUT2D eigenvalue weighted by molar-refractivity contribution is 0.0662. The first-order valence-corrected chi connectivity index (χ1v) is 7.80. The summed E-state index contributed by atoms with van der Waals surface area (Å²) in [5.74, 6) is -0.931. The van der Waals surface area contributed by atoms with E-state index in [-0.39, 0.29) is 17.5 Å². The van der Waals surface area contributed by atoms with Crippen molar-refractivity contribution in [1.82, 2.24) is 9.88 Å². The number of aromatic nitrogens is 1. The predicted molar refractivity (Wildman–Crippen MR) is 84.3 cm³/mol. The Balaban J connectivity index is 1.73. The van der Waals surface area contributed by atoms with Gasteiger partial charge in [0, 0.05) is 18.8 Å². The minimum atomic E-state index is -0.628. The number of pyridine rings is 1. The van der Waals surface area contributed by atoms with Gasteiger partial charge >= 0.3 is 0 Å². The number of rotatable bonds is 4. The first kappa shape index (κ1) is 15.6. The maximum atomic E-state index is 13.8. The molecule has 1 saturated heterocycles. The van der Waals surface area contributed by atoms with Gasteiger partial charge in [-0.2, -0.15) is 0 Å². The summed E-state index contributed by atoms with van der Waals surface area (Å²) in [5, 5.41) is 10.4. The van der Waals surface area contributed by atoms with Crippen molar-refractivity contribution in [3.8, 4) is 0 Å². The zero-order valence-corrected chi connectivity index (χ0v) is 12.7. The van der Waals surface area contributed by atoms with Crippen LogP contribution in [0.15, 0.2) is 48.8 Å². The van der Waals surface area contributed by atoms with Crippen molar-refractivity contribution in [3.63, 3.8) is 0 Å².